The molecule has 0 bridgehead atoms. The molecule has 0 fully saturated rings. The Bertz CT molecular complexity index is 1040. The number of amides is 1. The Balaban J connectivity index is 1.34. The van der Waals surface area contributed by atoms with Gasteiger partial charge in [0.1, 0.15) is 12.4 Å². The van der Waals surface area contributed by atoms with Gasteiger partial charge >= 0.3 is 0 Å². The van der Waals surface area contributed by atoms with E-state index >= 15 is 0 Å². The first kappa shape index (κ1) is 18.9. The quantitative estimate of drug-likeness (QED) is 0.484. The summed E-state index contributed by atoms with van der Waals surface area (Å²) in [5, 5.41) is 9.19. The van der Waals surface area contributed by atoms with E-state index in [1.54, 1.807) is 36.0 Å². The Morgan fingerprint density at radius 2 is 1.90 bits per heavy atom. The van der Waals surface area contributed by atoms with Crippen molar-refractivity contribution in [3.63, 3.8) is 0 Å². The molecular formula is C22H20N4O2S. The topological polar surface area (TPSA) is 69.0 Å². The van der Waals surface area contributed by atoms with Gasteiger partial charge in [0.2, 0.25) is 0 Å². The van der Waals surface area contributed by atoms with Crippen molar-refractivity contribution in [2.24, 2.45) is 0 Å². The molecule has 1 amide bonds. The lowest BCUT2D eigenvalue weighted by Crippen LogP contribution is -2.23. The van der Waals surface area contributed by atoms with Crippen molar-refractivity contribution in [3.8, 4) is 5.75 Å². The van der Waals surface area contributed by atoms with Crippen LogP contribution in [0, 0.1) is 0 Å². The summed E-state index contributed by atoms with van der Waals surface area (Å²) in [5.41, 5.74) is 5.46. The predicted octanol–water partition coefficient (Wildman–Crippen LogP) is 3.90. The number of carbonyl (C=O) groups excluding carboxylic acids is 1. The number of aromatic nitrogens is 3. The second-order valence-corrected chi connectivity index (χ2v) is 7.17. The summed E-state index contributed by atoms with van der Waals surface area (Å²) in [7, 11) is 0. The fraction of sp³-hybridized carbons (Fsp3) is 0.136. The van der Waals surface area contributed by atoms with Crippen molar-refractivity contribution in [2.45, 2.75) is 19.7 Å². The molecule has 2 aromatic carbocycles. The maximum Gasteiger partial charge on any atom is 0.251 e. The van der Waals surface area contributed by atoms with Crippen LogP contribution in [-0.2, 0) is 19.7 Å². The van der Waals surface area contributed by atoms with E-state index in [0.29, 0.717) is 31.0 Å². The molecule has 146 valence electrons. The number of ether oxygens (including phenoxy) is 1. The van der Waals surface area contributed by atoms with E-state index < -0.39 is 0 Å². The Morgan fingerprint density at radius 1 is 1.07 bits per heavy atom. The molecule has 0 saturated heterocycles. The molecule has 0 saturated carbocycles. The number of carbonyl (C=O) groups is 1. The van der Waals surface area contributed by atoms with E-state index in [-0.39, 0.29) is 5.91 Å². The zero-order chi connectivity index (χ0) is 19.9. The fourth-order valence-corrected chi connectivity index (χ4v) is 3.44. The number of nitrogens with zero attached hydrogens (tertiary/aromatic N) is 3. The largest absolute Gasteiger partial charge is 0.487 e. The van der Waals surface area contributed by atoms with Gasteiger partial charge in [-0.05, 0) is 41.5 Å². The zero-order valence-corrected chi connectivity index (χ0v) is 16.5. The molecule has 0 spiro atoms. The van der Waals surface area contributed by atoms with Crippen LogP contribution in [0.15, 0.2) is 77.9 Å². The standard InChI is InChI=1S/C22H20N4O2S/c27-22(17-6-8-21(9-7-17)28-14-20-15-29-16-24-20)23-12-18-4-1-2-5-19(18)13-26-11-3-10-25-26/h1-11,15-16H,12-14H2,(H,23,27). The van der Waals surface area contributed by atoms with Gasteiger partial charge in [0.15, 0.2) is 0 Å². The van der Waals surface area contributed by atoms with Crippen molar-refractivity contribution in [2.75, 3.05) is 0 Å². The first-order chi connectivity index (χ1) is 14.3. The highest BCUT2D eigenvalue weighted by Crippen LogP contribution is 2.15. The summed E-state index contributed by atoms with van der Waals surface area (Å²) in [6.07, 6.45) is 3.68. The van der Waals surface area contributed by atoms with Crippen molar-refractivity contribution in [1.82, 2.24) is 20.1 Å². The summed E-state index contributed by atoms with van der Waals surface area (Å²) < 4.78 is 7.55. The lowest BCUT2D eigenvalue weighted by molar-refractivity contribution is 0.0951. The highest BCUT2D eigenvalue weighted by atomic mass is 32.1. The van der Waals surface area contributed by atoms with Gasteiger partial charge in [0.05, 0.1) is 17.7 Å². The number of hydrogen-bond donors (Lipinski definition) is 1. The molecular weight excluding hydrogens is 384 g/mol. The van der Waals surface area contributed by atoms with E-state index in [4.69, 9.17) is 4.74 Å². The highest BCUT2D eigenvalue weighted by molar-refractivity contribution is 7.07. The molecule has 7 heteroatoms. The molecule has 0 unspecified atom stereocenters. The van der Waals surface area contributed by atoms with Crippen LogP contribution >= 0.6 is 11.3 Å². The Morgan fingerprint density at radius 3 is 2.62 bits per heavy atom. The Hall–Kier alpha value is -3.45. The van der Waals surface area contributed by atoms with E-state index in [1.165, 1.54) is 11.3 Å². The van der Waals surface area contributed by atoms with Crippen LogP contribution in [0.5, 0.6) is 5.75 Å². The molecule has 0 atom stereocenters. The number of hydrogen-bond acceptors (Lipinski definition) is 5. The van der Waals surface area contributed by atoms with Crippen LogP contribution in [0.1, 0.15) is 27.2 Å². The van der Waals surface area contributed by atoms with Crippen LogP contribution in [0.4, 0.5) is 0 Å². The molecule has 6 nitrogen and oxygen atoms in total. The smallest absolute Gasteiger partial charge is 0.251 e. The predicted molar refractivity (Wildman–Crippen MR) is 112 cm³/mol. The molecule has 4 aromatic rings. The monoisotopic (exact) mass is 404 g/mol. The summed E-state index contributed by atoms with van der Waals surface area (Å²) >= 11 is 1.54. The van der Waals surface area contributed by atoms with Crippen molar-refractivity contribution >= 4 is 17.2 Å². The van der Waals surface area contributed by atoms with E-state index in [0.717, 1.165) is 16.8 Å². The molecule has 29 heavy (non-hydrogen) atoms. The van der Waals surface area contributed by atoms with Gasteiger partial charge in [-0.25, -0.2) is 4.98 Å². The van der Waals surface area contributed by atoms with E-state index in [2.05, 4.69) is 21.5 Å². The van der Waals surface area contributed by atoms with Gasteiger partial charge in [0.25, 0.3) is 5.91 Å². The molecule has 4 rings (SSSR count). The first-order valence-electron chi connectivity index (χ1n) is 9.20. The zero-order valence-electron chi connectivity index (χ0n) is 15.7. The van der Waals surface area contributed by atoms with Crippen LogP contribution in [0.3, 0.4) is 0 Å². The van der Waals surface area contributed by atoms with Gasteiger partial charge in [-0.3, -0.25) is 9.48 Å². The molecule has 0 radical (unpaired) electrons. The third kappa shape index (κ3) is 5.08. The van der Waals surface area contributed by atoms with Gasteiger partial charge in [-0.2, -0.15) is 5.10 Å². The van der Waals surface area contributed by atoms with E-state index in [1.807, 2.05) is 40.5 Å². The molecule has 2 aromatic heterocycles. The summed E-state index contributed by atoms with van der Waals surface area (Å²) in [6, 6.07) is 17.1. The number of rotatable bonds is 8. The lowest BCUT2D eigenvalue weighted by Gasteiger charge is -2.11. The fourth-order valence-electron chi connectivity index (χ4n) is 2.90. The molecule has 0 aliphatic carbocycles. The van der Waals surface area contributed by atoms with Gasteiger partial charge < -0.3 is 10.1 Å². The molecule has 0 aliphatic heterocycles. The van der Waals surface area contributed by atoms with Gasteiger partial charge in [0, 0.05) is 29.9 Å². The van der Waals surface area contributed by atoms with Crippen LogP contribution in [0.2, 0.25) is 0 Å². The number of benzene rings is 2. The highest BCUT2D eigenvalue weighted by Gasteiger charge is 2.08. The average molecular weight is 404 g/mol. The van der Waals surface area contributed by atoms with Crippen LogP contribution in [0.25, 0.3) is 0 Å². The minimum absolute atomic E-state index is 0.120. The van der Waals surface area contributed by atoms with Gasteiger partial charge in [-0.1, -0.05) is 24.3 Å². The Labute approximate surface area is 172 Å². The molecule has 0 aliphatic rings. The minimum atomic E-state index is -0.120. The van der Waals surface area contributed by atoms with Gasteiger partial charge in [-0.15, -0.1) is 11.3 Å². The second-order valence-electron chi connectivity index (χ2n) is 6.45. The molecule has 1 N–H and O–H groups in total. The summed E-state index contributed by atoms with van der Waals surface area (Å²) in [4.78, 5) is 16.7. The normalized spacial score (nSPS) is 10.6. The first-order valence-corrected chi connectivity index (χ1v) is 10.1. The van der Waals surface area contributed by atoms with Crippen LogP contribution in [-0.4, -0.2) is 20.7 Å². The van der Waals surface area contributed by atoms with Crippen molar-refractivity contribution in [1.29, 1.82) is 0 Å². The maximum atomic E-state index is 12.5. The number of thiazole rings is 1. The van der Waals surface area contributed by atoms with E-state index in [9.17, 15) is 4.79 Å². The maximum absolute atomic E-state index is 12.5. The SMILES string of the molecule is O=C(NCc1ccccc1Cn1cccn1)c1ccc(OCc2cscn2)cc1. The third-order valence-corrected chi connectivity index (χ3v) is 5.07. The molecule has 2 heterocycles. The summed E-state index contributed by atoms with van der Waals surface area (Å²) in [6.45, 7) is 1.55. The summed E-state index contributed by atoms with van der Waals surface area (Å²) in [5.74, 6) is 0.587. The lowest BCUT2D eigenvalue weighted by atomic mass is 10.1. The van der Waals surface area contributed by atoms with Crippen molar-refractivity contribution < 1.29 is 9.53 Å². The average Bonchev–Trinajstić information content (AvgIpc) is 3.46. The minimum Gasteiger partial charge on any atom is -0.487 e. The van der Waals surface area contributed by atoms with Crippen LogP contribution < -0.4 is 10.1 Å². The third-order valence-electron chi connectivity index (χ3n) is 4.44. The van der Waals surface area contributed by atoms with Crippen molar-refractivity contribution in [3.05, 3.63) is 100 Å². The second kappa shape index (κ2) is 9.16. The Kier molecular flexibility index (Phi) is 5.97. The number of nitrogens with one attached hydrogen (secondary N) is 1.